The third kappa shape index (κ3) is 0.526. The maximum atomic E-state index is 5.28. The van der Waals surface area contributed by atoms with Crippen LogP contribution in [0.5, 0.6) is 0 Å². The fourth-order valence-electron chi connectivity index (χ4n) is 1.24. The minimum absolute atomic E-state index is 0.619. The molecule has 4 bridgehead atoms. The highest BCUT2D eigenvalue weighted by atomic mass is 16.4. The number of aromatic nitrogens is 2. The van der Waals surface area contributed by atoms with Gasteiger partial charge in [-0.2, -0.15) is 0 Å². The minimum Gasteiger partial charge on any atom is -0.416 e. The molecule has 0 amide bonds. The second kappa shape index (κ2) is 1.50. The van der Waals surface area contributed by atoms with Crippen molar-refractivity contribution in [1.29, 1.82) is 0 Å². The van der Waals surface area contributed by atoms with Crippen LogP contribution in [-0.2, 0) is 0 Å². The van der Waals surface area contributed by atoms with E-state index in [4.69, 9.17) is 4.42 Å². The molecular formula is C8H4N2O. The zero-order chi connectivity index (χ0) is 7.26. The Kier molecular flexibility index (Phi) is 0.692. The summed E-state index contributed by atoms with van der Waals surface area (Å²) in [6.45, 7) is 0. The summed E-state index contributed by atoms with van der Waals surface area (Å²) in [6, 6.07) is 7.91. The van der Waals surface area contributed by atoms with Crippen LogP contribution in [0, 0.1) is 0 Å². The predicted octanol–water partition coefficient (Wildman–Crippen LogP) is 1.72. The third-order valence-electron chi connectivity index (χ3n) is 1.78. The van der Waals surface area contributed by atoms with Crippen molar-refractivity contribution in [3.8, 4) is 22.9 Å². The van der Waals surface area contributed by atoms with Gasteiger partial charge in [0.05, 0.1) is 0 Å². The molecule has 3 rings (SSSR count). The van der Waals surface area contributed by atoms with Crippen molar-refractivity contribution in [2.24, 2.45) is 0 Å². The van der Waals surface area contributed by atoms with Gasteiger partial charge in [-0.3, -0.25) is 0 Å². The summed E-state index contributed by atoms with van der Waals surface area (Å²) >= 11 is 0. The summed E-state index contributed by atoms with van der Waals surface area (Å²) in [5.41, 5.74) is 2.01. The molecule has 52 valence electrons. The van der Waals surface area contributed by atoms with E-state index in [1.165, 1.54) is 0 Å². The molecule has 1 aromatic heterocycles. The van der Waals surface area contributed by atoms with Crippen LogP contribution in [-0.4, -0.2) is 10.2 Å². The monoisotopic (exact) mass is 144 g/mol. The molecular weight excluding hydrogens is 140 g/mol. The van der Waals surface area contributed by atoms with Crippen molar-refractivity contribution >= 4 is 0 Å². The highest BCUT2D eigenvalue weighted by Crippen LogP contribution is 2.31. The first-order valence-electron chi connectivity index (χ1n) is 3.38. The van der Waals surface area contributed by atoms with Crippen LogP contribution >= 0.6 is 0 Å². The lowest BCUT2D eigenvalue weighted by Gasteiger charge is -2.01. The lowest BCUT2D eigenvalue weighted by molar-refractivity contribution is 0.579. The lowest BCUT2D eigenvalue weighted by Crippen LogP contribution is -1.81. The Labute approximate surface area is 62.7 Å². The number of rotatable bonds is 0. The quantitative estimate of drug-likeness (QED) is 0.482. The van der Waals surface area contributed by atoms with Gasteiger partial charge in [-0.05, 0) is 18.2 Å². The molecule has 0 saturated carbocycles. The van der Waals surface area contributed by atoms with Gasteiger partial charge in [0.2, 0.25) is 11.8 Å². The Morgan fingerprint density at radius 3 is 2.27 bits per heavy atom. The van der Waals surface area contributed by atoms with Crippen molar-refractivity contribution in [3.63, 3.8) is 0 Å². The zero-order valence-corrected chi connectivity index (χ0v) is 5.61. The standard InChI is InChI=1S/C8H4N2O/c1-2-5-4-6(3-1)8-10-9-7(5)11-8/h1-4H. The maximum Gasteiger partial charge on any atom is 0.248 e. The molecule has 0 unspecified atom stereocenters. The second-order valence-electron chi connectivity index (χ2n) is 2.49. The van der Waals surface area contributed by atoms with Gasteiger partial charge >= 0.3 is 0 Å². The Morgan fingerprint density at radius 1 is 1.00 bits per heavy atom. The number of benzene rings is 1. The molecule has 1 aromatic carbocycles. The fraction of sp³-hybridized carbons (Fsp3) is 0. The van der Waals surface area contributed by atoms with Gasteiger partial charge in [-0.1, -0.05) is 6.07 Å². The van der Waals surface area contributed by atoms with Gasteiger partial charge in [0.15, 0.2) is 0 Å². The van der Waals surface area contributed by atoms with Crippen LogP contribution in [0.2, 0.25) is 0 Å². The first-order valence-corrected chi connectivity index (χ1v) is 3.38. The number of hydrogen-bond acceptors (Lipinski definition) is 3. The highest BCUT2D eigenvalue weighted by Gasteiger charge is 2.16. The Hall–Kier alpha value is -1.64. The molecule has 1 aliphatic rings. The molecule has 0 saturated heterocycles. The average Bonchev–Trinajstić information content (AvgIpc) is 2.48. The first kappa shape index (κ1) is 5.07. The topological polar surface area (TPSA) is 38.9 Å². The van der Waals surface area contributed by atoms with Gasteiger partial charge in [0.1, 0.15) is 0 Å². The highest BCUT2D eigenvalue weighted by molar-refractivity contribution is 5.68. The van der Waals surface area contributed by atoms with Gasteiger partial charge in [0.25, 0.3) is 0 Å². The molecule has 0 N–H and O–H groups in total. The molecule has 0 spiro atoms. The normalized spacial score (nSPS) is 11.6. The van der Waals surface area contributed by atoms with E-state index in [1.807, 2.05) is 24.3 Å². The molecule has 1 aliphatic heterocycles. The molecule has 3 heteroatoms. The third-order valence-corrected chi connectivity index (χ3v) is 1.78. The molecule has 0 radical (unpaired) electrons. The van der Waals surface area contributed by atoms with E-state index >= 15 is 0 Å². The molecule has 11 heavy (non-hydrogen) atoms. The number of hydrogen-bond donors (Lipinski definition) is 0. The SMILES string of the molecule is c1cc2cc(c1)-c1nnc-2o1. The van der Waals surface area contributed by atoms with Crippen molar-refractivity contribution in [2.45, 2.75) is 0 Å². The Balaban J connectivity index is 2.51. The summed E-state index contributed by atoms with van der Waals surface area (Å²) in [5.74, 6) is 1.24. The summed E-state index contributed by atoms with van der Waals surface area (Å²) in [4.78, 5) is 0. The van der Waals surface area contributed by atoms with Crippen molar-refractivity contribution in [3.05, 3.63) is 24.3 Å². The average molecular weight is 144 g/mol. The molecule has 0 aliphatic carbocycles. The largest absolute Gasteiger partial charge is 0.416 e. The molecule has 2 aromatic rings. The van der Waals surface area contributed by atoms with Crippen LogP contribution in [0.15, 0.2) is 28.7 Å². The predicted molar refractivity (Wildman–Crippen MR) is 38.7 cm³/mol. The molecule has 0 atom stereocenters. The van der Waals surface area contributed by atoms with Crippen molar-refractivity contribution in [1.82, 2.24) is 10.2 Å². The summed E-state index contributed by atoms with van der Waals surface area (Å²) < 4.78 is 5.28. The van der Waals surface area contributed by atoms with E-state index in [1.54, 1.807) is 0 Å². The number of nitrogens with zero attached hydrogens (tertiary/aromatic N) is 2. The van der Waals surface area contributed by atoms with Gasteiger partial charge in [0, 0.05) is 11.1 Å². The van der Waals surface area contributed by atoms with Crippen molar-refractivity contribution in [2.75, 3.05) is 0 Å². The summed E-state index contributed by atoms with van der Waals surface area (Å²) in [7, 11) is 0. The lowest BCUT2D eigenvalue weighted by atomic mass is 10.1. The van der Waals surface area contributed by atoms with E-state index in [-0.39, 0.29) is 0 Å². The van der Waals surface area contributed by atoms with E-state index in [9.17, 15) is 0 Å². The van der Waals surface area contributed by atoms with Gasteiger partial charge in [-0.25, -0.2) is 0 Å². The fourth-order valence-corrected chi connectivity index (χ4v) is 1.24. The Morgan fingerprint density at radius 2 is 1.64 bits per heavy atom. The van der Waals surface area contributed by atoms with E-state index < -0.39 is 0 Å². The smallest absolute Gasteiger partial charge is 0.248 e. The minimum atomic E-state index is 0.619. The summed E-state index contributed by atoms with van der Waals surface area (Å²) in [5, 5.41) is 7.72. The van der Waals surface area contributed by atoms with Crippen LogP contribution in [0.4, 0.5) is 0 Å². The van der Waals surface area contributed by atoms with Gasteiger partial charge < -0.3 is 4.42 Å². The Bertz CT molecular complexity index is 386. The molecule has 3 nitrogen and oxygen atoms in total. The molecule has 0 fully saturated rings. The van der Waals surface area contributed by atoms with E-state index in [0.717, 1.165) is 11.1 Å². The van der Waals surface area contributed by atoms with Crippen LogP contribution in [0.25, 0.3) is 22.9 Å². The first-order chi connectivity index (χ1) is 5.43. The van der Waals surface area contributed by atoms with Crippen molar-refractivity contribution < 1.29 is 4.42 Å². The maximum absolute atomic E-state index is 5.28. The number of fused-ring (bicyclic) bond motifs is 6. The van der Waals surface area contributed by atoms with E-state index in [2.05, 4.69) is 10.2 Å². The van der Waals surface area contributed by atoms with Gasteiger partial charge in [-0.15, -0.1) is 10.2 Å². The zero-order valence-electron chi connectivity index (χ0n) is 5.61. The van der Waals surface area contributed by atoms with Crippen LogP contribution < -0.4 is 0 Å². The van der Waals surface area contributed by atoms with E-state index in [0.29, 0.717) is 11.8 Å². The summed E-state index contributed by atoms with van der Waals surface area (Å²) in [6.07, 6.45) is 0. The van der Waals surface area contributed by atoms with Crippen LogP contribution in [0.3, 0.4) is 0 Å². The molecule has 2 heterocycles. The van der Waals surface area contributed by atoms with Crippen LogP contribution in [0.1, 0.15) is 0 Å². The second-order valence-corrected chi connectivity index (χ2v) is 2.49.